The van der Waals surface area contributed by atoms with Gasteiger partial charge in [-0.25, -0.2) is 9.79 Å². The van der Waals surface area contributed by atoms with Gasteiger partial charge in [-0.05, 0) is 62.2 Å². The maximum Gasteiger partial charge on any atom is 0.335 e. The molecule has 2 N–H and O–H groups in total. The van der Waals surface area contributed by atoms with E-state index in [-0.39, 0.29) is 17.0 Å². The Balaban J connectivity index is 1.44. The molecule has 0 saturated heterocycles. The number of anilines is 1. The van der Waals surface area contributed by atoms with Gasteiger partial charge < -0.3 is 14.8 Å². The van der Waals surface area contributed by atoms with Crippen LogP contribution >= 0.6 is 11.3 Å². The molecule has 2 aromatic heterocycles. The summed E-state index contributed by atoms with van der Waals surface area (Å²) in [6.07, 6.45) is 1.65. The zero-order chi connectivity index (χ0) is 30.2. The van der Waals surface area contributed by atoms with Gasteiger partial charge in [-0.2, -0.15) is 0 Å². The molecular formula is C34H27N3O5S. The highest BCUT2D eigenvalue weighted by Gasteiger charge is 2.32. The van der Waals surface area contributed by atoms with E-state index in [4.69, 9.17) is 9.41 Å². The molecule has 3 heterocycles. The molecule has 1 aliphatic heterocycles. The molecule has 0 bridgehead atoms. The number of hydrogen-bond acceptors (Lipinski definition) is 6. The Morgan fingerprint density at radius 1 is 0.953 bits per heavy atom. The number of thiazole rings is 1. The second-order valence-corrected chi connectivity index (χ2v) is 11.3. The third-order valence-corrected chi connectivity index (χ3v) is 8.40. The Morgan fingerprint density at radius 2 is 1.70 bits per heavy atom. The highest BCUT2D eigenvalue weighted by atomic mass is 32.1. The average molecular weight is 590 g/mol. The molecule has 43 heavy (non-hydrogen) atoms. The van der Waals surface area contributed by atoms with E-state index in [0.29, 0.717) is 48.9 Å². The third-order valence-electron chi connectivity index (χ3n) is 7.42. The normalized spacial score (nSPS) is 14.8. The van der Waals surface area contributed by atoms with Crippen molar-refractivity contribution < 1.29 is 19.1 Å². The molecule has 3 aromatic carbocycles. The number of carbonyl (C=O) groups excluding carboxylic acids is 1. The van der Waals surface area contributed by atoms with E-state index in [1.54, 1.807) is 67.0 Å². The first-order valence-electron chi connectivity index (χ1n) is 13.6. The molecule has 6 rings (SSSR count). The van der Waals surface area contributed by atoms with Gasteiger partial charge in [0.15, 0.2) is 4.80 Å². The molecule has 1 atom stereocenters. The molecule has 1 amide bonds. The zero-order valence-electron chi connectivity index (χ0n) is 23.6. The van der Waals surface area contributed by atoms with E-state index in [1.807, 2.05) is 49.4 Å². The molecule has 8 nitrogen and oxygen atoms in total. The van der Waals surface area contributed by atoms with Gasteiger partial charge in [-0.3, -0.25) is 14.2 Å². The lowest BCUT2D eigenvalue weighted by molar-refractivity contribution is -0.113. The monoisotopic (exact) mass is 589 g/mol. The van der Waals surface area contributed by atoms with E-state index < -0.39 is 12.0 Å². The summed E-state index contributed by atoms with van der Waals surface area (Å²) in [5.74, 6) is -0.415. The van der Waals surface area contributed by atoms with Gasteiger partial charge in [-0.1, -0.05) is 71.5 Å². The summed E-state index contributed by atoms with van der Waals surface area (Å²) in [5.41, 5.74) is 4.56. The number of para-hydroxylation sites is 1. The van der Waals surface area contributed by atoms with Crippen LogP contribution in [0.4, 0.5) is 5.69 Å². The van der Waals surface area contributed by atoms with Gasteiger partial charge in [0.1, 0.15) is 11.5 Å². The number of furan rings is 1. The second-order valence-electron chi connectivity index (χ2n) is 10.3. The number of benzene rings is 3. The predicted molar refractivity (Wildman–Crippen MR) is 166 cm³/mol. The first-order chi connectivity index (χ1) is 20.7. The number of rotatable bonds is 6. The Morgan fingerprint density at radius 3 is 2.42 bits per heavy atom. The molecule has 0 aliphatic carbocycles. The lowest BCUT2D eigenvalue weighted by atomic mass is 9.94. The first kappa shape index (κ1) is 27.9. The van der Waals surface area contributed by atoms with E-state index >= 15 is 0 Å². The van der Waals surface area contributed by atoms with Crippen molar-refractivity contribution in [1.82, 2.24) is 4.57 Å². The molecule has 9 heteroatoms. The summed E-state index contributed by atoms with van der Waals surface area (Å²) < 4.78 is 8.01. The van der Waals surface area contributed by atoms with Gasteiger partial charge >= 0.3 is 5.97 Å². The quantitative estimate of drug-likeness (QED) is 0.274. The fourth-order valence-electron chi connectivity index (χ4n) is 5.23. The van der Waals surface area contributed by atoms with Crippen LogP contribution in [-0.2, 0) is 4.79 Å². The van der Waals surface area contributed by atoms with Crippen LogP contribution in [0.15, 0.2) is 110 Å². The summed E-state index contributed by atoms with van der Waals surface area (Å²) in [6, 6.07) is 24.8. The number of aromatic nitrogens is 1. The minimum absolute atomic E-state index is 0.197. The fourth-order valence-corrected chi connectivity index (χ4v) is 6.26. The number of amides is 1. The Hall–Kier alpha value is -5.28. The van der Waals surface area contributed by atoms with Crippen molar-refractivity contribution in [3.63, 3.8) is 0 Å². The molecule has 0 fully saturated rings. The van der Waals surface area contributed by atoms with Gasteiger partial charge in [0.2, 0.25) is 0 Å². The number of carbonyl (C=O) groups is 2. The zero-order valence-corrected chi connectivity index (χ0v) is 24.4. The van der Waals surface area contributed by atoms with Crippen LogP contribution in [0.25, 0.3) is 17.4 Å². The summed E-state index contributed by atoms with van der Waals surface area (Å²) in [7, 11) is 0. The van der Waals surface area contributed by atoms with E-state index in [9.17, 15) is 19.5 Å². The molecule has 0 saturated carbocycles. The number of hydrogen-bond donors (Lipinski definition) is 2. The number of carboxylic acid groups (broad SMARTS) is 1. The second kappa shape index (κ2) is 11.2. The summed E-state index contributed by atoms with van der Waals surface area (Å²) in [4.78, 5) is 44.4. The Labute approximate surface area is 250 Å². The Bertz CT molecular complexity index is 2100. The largest absolute Gasteiger partial charge is 0.478 e. The number of fused-ring (bicyclic) bond motifs is 1. The van der Waals surface area contributed by atoms with Gasteiger partial charge in [0, 0.05) is 17.3 Å². The molecule has 214 valence electrons. The van der Waals surface area contributed by atoms with Crippen molar-refractivity contribution in [1.29, 1.82) is 0 Å². The van der Waals surface area contributed by atoms with Gasteiger partial charge in [-0.15, -0.1) is 0 Å². The topological polar surface area (TPSA) is 114 Å². The lowest BCUT2D eigenvalue weighted by Crippen LogP contribution is -2.40. The van der Waals surface area contributed by atoms with Crippen molar-refractivity contribution >= 4 is 35.0 Å². The smallest absolute Gasteiger partial charge is 0.335 e. The summed E-state index contributed by atoms with van der Waals surface area (Å²) in [5, 5.41) is 12.5. The number of aromatic carboxylic acids is 1. The standard InChI is InChI=1S/C34H27N3O5S/c1-19-12-14-22(15-13-19)30-29(31(38)36-23-8-5-4-6-9-23)21(3)35-34-37(30)32(39)28(43-34)18-24-16-17-27(42-24)25-10-7-11-26(20(25)2)33(40)41/h4-18,30H,1-3H3,(H,36,38)(H,40,41)/b28-18-/t30-/m0/s1. The lowest BCUT2D eigenvalue weighted by Gasteiger charge is -2.25. The van der Waals surface area contributed by atoms with Crippen LogP contribution in [0.1, 0.15) is 45.8 Å². The van der Waals surface area contributed by atoms with Crippen molar-refractivity contribution in [2.75, 3.05) is 5.32 Å². The van der Waals surface area contributed by atoms with Crippen molar-refractivity contribution in [3.05, 3.63) is 144 Å². The maximum absolute atomic E-state index is 14.0. The van der Waals surface area contributed by atoms with Crippen molar-refractivity contribution in [3.8, 4) is 11.3 Å². The average Bonchev–Trinajstić information content (AvgIpc) is 3.57. The van der Waals surface area contributed by atoms with Crippen molar-refractivity contribution in [2.24, 2.45) is 4.99 Å². The van der Waals surface area contributed by atoms with Crippen LogP contribution < -0.4 is 20.2 Å². The number of nitrogens with zero attached hydrogens (tertiary/aromatic N) is 2. The highest BCUT2D eigenvalue weighted by Crippen LogP contribution is 2.31. The third kappa shape index (κ3) is 5.26. The summed E-state index contributed by atoms with van der Waals surface area (Å²) >= 11 is 1.22. The van der Waals surface area contributed by atoms with Gasteiger partial charge in [0.25, 0.3) is 11.5 Å². The van der Waals surface area contributed by atoms with Gasteiger partial charge in [0.05, 0.1) is 27.4 Å². The SMILES string of the molecule is CC1=C(C(=O)Nc2ccccc2)[C@H](c2ccc(C)cc2)n2c(s/c(=C\c3ccc(-c4cccc(C(=O)O)c4C)o3)c2=O)=N1. The van der Waals surface area contributed by atoms with Crippen LogP contribution in [-0.4, -0.2) is 21.6 Å². The molecule has 0 spiro atoms. The minimum atomic E-state index is -1.01. The first-order valence-corrected chi connectivity index (χ1v) is 14.4. The van der Waals surface area contributed by atoms with Crippen LogP contribution in [0.5, 0.6) is 0 Å². The molecule has 1 aliphatic rings. The van der Waals surface area contributed by atoms with Crippen LogP contribution in [0.3, 0.4) is 0 Å². The highest BCUT2D eigenvalue weighted by molar-refractivity contribution is 7.07. The van der Waals surface area contributed by atoms with E-state index in [0.717, 1.165) is 11.1 Å². The molecular weight excluding hydrogens is 562 g/mol. The molecule has 0 radical (unpaired) electrons. The van der Waals surface area contributed by atoms with Crippen molar-refractivity contribution in [2.45, 2.75) is 26.8 Å². The Kier molecular flexibility index (Phi) is 7.25. The predicted octanol–water partition coefficient (Wildman–Crippen LogP) is 5.45. The van der Waals surface area contributed by atoms with Crippen LogP contribution in [0, 0.1) is 13.8 Å². The minimum Gasteiger partial charge on any atom is -0.478 e. The fraction of sp³-hybridized carbons (Fsp3) is 0.118. The van der Waals surface area contributed by atoms with E-state index in [2.05, 4.69) is 5.32 Å². The number of allylic oxidation sites excluding steroid dienone is 1. The molecule has 5 aromatic rings. The summed E-state index contributed by atoms with van der Waals surface area (Å²) in [6.45, 7) is 5.50. The molecule has 0 unspecified atom stereocenters. The number of nitrogens with one attached hydrogen (secondary N) is 1. The van der Waals surface area contributed by atoms with E-state index in [1.165, 1.54) is 11.3 Å². The van der Waals surface area contributed by atoms with Crippen LogP contribution in [0.2, 0.25) is 0 Å². The maximum atomic E-state index is 14.0. The number of carboxylic acids is 1. The number of aryl methyl sites for hydroxylation is 1.